The molecule has 0 spiro atoms. The molecule has 0 unspecified atom stereocenters. The van der Waals surface area contributed by atoms with E-state index >= 15 is 0 Å². The Morgan fingerprint density at radius 1 is 0.944 bits per heavy atom. The van der Waals surface area contributed by atoms with Gasteiger partial charge in [-0.25, -0.2) is 0 Å². The summed E-state index contributed by atoms with van der Waals surface area (Å²) in [6, 6.07) is 7.67. The van der Waals surface area contributed by atoms with Gasteiger partial charge in [-0.15, -0.1) is 0 Å². The normalized spacial score (nSPS) is 10.7. The molecular formula is C13H19Br2NO2. The average molecular weight is 381 g/mol. The van der Waals surface area contributed by atoms with Crippen LogP contribution in [0.4, 0.5) is 0 Å². The minimum Gasteiger partial charge on any atom is -0.497 e. The molecule has 3 nitrogen and oxygen atoms in total. The maximum absolute atomic E-state index is 5.70. The predicted molar refractivity (Wildman–Crippen MR) is 82.5 cm³/mol. The van der Waals surface area contributed by atoms with E-state index in [9.17, 15) is 0 Å². The van der Waals surface area contributed by atoms with E-state index < -0.39 is 0 Å². The van der Waals surface area contributed by atoms with E-state index in [0.29, 0.717) is 6.61 Å². The number of hydrogen-bond acceptors (Lipinski definition) is 3. The van der Waals surface area contributed by atoms with Crippen molar-refractivity contribution in [3.8, 4) is 11.5 Å². The molecule has 1 rings (SSSR count). The highest BCUT2D eigenvalue weighted by Crippen LogP contribution is 2.16. The summed E-state index contributed by atoms with van der Waals surface area (Å²) in [7, 11) is 1.66. The van der Waals surface area contributed by atoms with E-state index in [4.69, 9.17) is 9.47 Å². The van der Waals surface area contributed by atoms with Gasteiger partial charge in [-0.1, -0.05) is 31.9 Å². The second-order valence-corrected chi connectivity index (χ2v) is 5.33. The van der Waals surface area contributed by atoms with Crippen LogP contribution in [0.1, 0.15) is 0 Å². The minimum atomic E-state index is 0.701. The van der Waals surface area contributed by atoms with Crippen LogP contribution < -0.4 is 9.47 Å². The number of halogens is 2. The van der Waals surface area contributed by atoms with Crippen LogP contribution >= 0.6 is 31.9 Å². The first kappa shape index (κ1) is 15.8. The number of methoxy groups -OCH3 is 1. The van der Waals surface area contributed by atoms with Crippen LogP contribution in [-0.2, 0) is 0 Å². The van der Waals surface area contributed by atoms with Crippen molar-refractivity contribution in [1.29, 1.82) is 0 Å². The van der Waals surface area contributed by atoms with Gasteiger partial charge in [0.15, 0.2) is 0 Å². The summed E-state index contributed by atoms with van der Waals surface area (Å²) in [5.74, 6) is 1.73. The third-order valence-electron chi connectivity index (χ3n) is 2.54. The molecule has 0 aliphatic rings. The van der Waals surface area contributed by atoms with Gasteiger partial charge < -0.3 is 9.47 Å². The van der Waals surface area contributed by atoms with Crippen molar-refractivity contribution < 1.29 is 9.47 Å². The Morgan fingerprint density at radius 2 is 1.50 bits per heavy atom. The summed E-state index contributed by atoms with van der Waals surface area (Å²) in [5, 5.41) is 1.98. The van der Waals surface area contributed by atoms with Gasteiger partial charge in [0.05, 0.1) is 7.11 Å². The molecule has 0 saturated heterocycles. The number of alkyl halides is 2. The Labute approximate surface area is 126 Å². The Hall–Kier alpha value is -0.260. The smallest absolute Gasteiger partial charge is 0.119 e. The van der Waals surface area contributed by atoms with E-state index in [1.54, 1.807) is 7.11 Å². The number of benzene rings is 1. The van der Waals surface area contributed by atoms with Crippen LogP contribution in [-0.4, -0.2) is 48.9 Å². The maximum Gasteiger partial charge on any atom is 0.119 e. The van der Waals surface area contributed by atoms with Gasteiger partial charge in [0.2, 0.25) is 0 Å². The maximum atomic E-state index is 5.70. The molecule has 1 aromatic carbocycles. The fourth-order valence-corrected chi connectivity index (χ4v) is 2.54. The van der Waals surface area contributed by atoms with E-state index in [0.717, 1.165) is 41.8 Å². The van der Waals surface area contributed by atoms with Crippen LogP contribution in [0.5, 0.6) is 11.5 Å². The SMILES string of the molecule is COc1ccc(OCCN(CCBr)CCBr)cc1. The monoisotopic (exact) mass is 379 g/mol. The van der Waals surface area contributed by atoms with Gasteiger partial charge in [-0.05, 0) is 24.3 Å². The first-order chi connectivity index (χ1) is 8.80. The topological polar surface area (TPSA) is 21.7 Å². The second-order valence-electron chi connectivity index (χ2n) is 3.74. The number of nitrogens with zero attached hydrogens (tertiary/aromatic N) is 1. The standard InChI is InChI=1S/C13H19Br2NO2/c1-17-12-2-4-13(5-3-12)18-11-10-16(8-6-14)9-7-15/h2-5H,6-11H2,1H3. The van der Waals surface area contributed by atoms with Gasteiger partial charge in [0, 0.05) is 30.3 Å². The molecule has 0 aliphatic heterocycles. The van der Waals surface area contributed by atoms with Crippen molar-refractivity contribution in [2.75, 3.05) is 44.0 Å². The highest BCUT2D eigenvalue weighted by atomic mass is 79.9. The fraction of sp³-hybridized carbons (Fsp3) is 0.538. The molecule has 0 aliphatic carbocycles. The molecular weight excluding hydrogens is 362 g/mol. The summed E-state index contributed by atoms with van der Waals surface area (Å²) in [6.07, 6.45) is 0. The highest BCUT2D eigenvalue weighted by molar-refractivity contribution is 9.09. The molecule has 0 amide bonds. The molecule has 0 N–H and O–H groups in total. The molecule has 0 aromatic heterocycles. The molecule has 0 saturated carbocycles. The Balaban J connectivity index is 2.30. The average Bonchev–Trinajstić information content (AvgIpc) is 2.40. The van der Waals surface area contributed by atoms with Crippen molar-refractivity contribution >= 4 is 31.9 Å². The number of rotatable bonds is 9. The molecule has 1 aromatic rings. The minimum absolute atomic E-state index is 0.701. The van der Waals surface area contributed by atoms with Gasteiger partial charge in [0.1, 0.15) is 18.1 Å². The molecule has 5 heteroatoms. The molecule has 0 bridgehead atoms. The fourth-order valence-electron chi connectivity index (χ4n) is 1.54. The zero-order valence-corrected chi connectivity index (χ0v) is 13.7. The summed E-state index contributed by atoms with van der Waals surface area (Å²) in [5.41, 5.74) is 0. The number of ether oxygens (including phenoxy) is 2. The zero-order chi connectivity index (χ0) is 13.2. The Bertz CT molecular complexity index is 313. The first-order valence-corrected chi connectivity index (χ1v) is 8.15. The lowest BCUT2D eigenvalue weighted by molar-refractivity contribution is 0.225. The van der Waals surface area contributed by atoms with Crippen LogP contribution in [0.2, 0.25) is 0 Å². The summed E-state index contributed by atoms with van der Waals surface area (Å²) in [6.45, 7) is 3.71. The molecule has 0 heterocycles. The van der Waals surface area contributed by atoms with E-state index in [-0.39, 0.29) is 0 Å². The van der Waals surface area contributed by atoms with Crippen LogP contribution in [0.15, 0.2) is 24.3 Å². The van der Waals surface area contributed by atoms with Crippen LogP contribution in [0.25, 0.3) is 0 Å². The highest BCUT2D eigenvalue weighted by Gasteiger charge is 2.03. The number of hydrogen-bond donors (Lipinski definition) is 0. The van der Waals surface area contributed by atoms with Crippen molar-refractivity contribution in [2.45, 2.75) is 0 Å². The predicted octanol–water partition coefficient (Wildman–Crippen LogP) is 3.17. The van der Waals surface area contributed by atoms with Gasteiger partial charge in [-0.3, -0.25) is 4.90 Å². The quantitative estimate of drug-likeness (QED) is 0.614. The summed E-state index contributed by atoms with van der Waals surface area (Å²) < 4.78 is 10.8. The molecule has 102 valence electrons. The lowest BCUT2D eigenvalue weighted by atomic mass is 10.3. The van der Waals surface area contributed by atoms with Gasteiger partial charge in [-0.2, -0.15) is 0 Å². The van der Waals surface area contributed by atoms with Crippen molar-refractivity contribution in [3.63, 3.8) is 0 Å². The van der Waals surface area contributed by atoms with E-state index in [2.05, 4.69) is 36.8 Å². The molecule has 0 radical (unpaired) electrons. The second kappa shape index (κ2) is 9.64. The Kier molecular flexibility index (Phi) is 8.46. The lowest BCUT2D eigenvalue weighted by Gasteiger charge is -2.20. The molecule has 0 atom stereocenters. The Morgan fingerprint density at radius 3 is 2.00 bits per heavy atom. The summed E-state index contributed by atoms with van der Waals surface area (Å²) >= 11 is 6.92. The molecule has 18 heavy (non-hydrogen) atoms. The molecule has 0 fully saturated rings. The van der Waals surface area contributed by atoms with Crippen molar-refractivity contribution in [3.05, 3.63) is 24.3 Å². The summed E-state index contributed by atoms with van der Waals surface area (Å²) in [4.78, 5) is 2.35. The van der Waals surface area contributed by atoms with E-state index in [1.807, 2.05) is 24.3 Å². The lowest BCUT2D eigenvalue weighted by Crippen LogP contribution is -2.31. The first-order valence-electron chi connectivity index (χ1n) is 5.91. The van der Waals surface area contributed by atoms with Crippen molar-refractivity contribution in [2.24, 2.45) is 0 Å². The van der Waals surface area contributed by atoms with Gasteiger partial charge in [0.25, 0.3) is 0 Å². The van der Waals surface area contributed by atoms with E-state index in [1.165, 1.54) is 0 Å². The zero-order valence-electron chi connectivity index (χ0n) is 10.6. The largest absolute Gasteiger partial charge is 0.497 e. The van der Waals surface area contributed by atoms with Crippen LogP contribution in [0.3, 0.4) is 0 Å². The van der Waals surface area contributed by atoms with Gasteiger partial charge >= 0.3 is 0 Å². The van der Waals surface area contributed by atoms with Crippen molar-refractivity contribution in [1.82, 2.24) is 4.90 Å². The third kappa shape index (κ3) is 6.07. The third-order valence-corrected chi connectivity index (χ3v) is 3.25. The van der Waals surface area contributed by atoms with Crippen LogP contribution in [0, 0.1) is 0 Å².